The number of rotatable bonds is 2. The number of benzene rings is 1. The number of ketones is 1. The molecule has 1 atom stereocenters. The van der Waals surface area contributed by atoms with Crippen molar-refractivity contribution in [2.24, 2.45) is 0 Å². The molecule has 0 bridgehead atoms. The highest BCUT2D eigenvalue weighted by Crippen LogP contribution is 2.44. The van der Waals surface area contributed by atoms with Crippen LogP contribution < -0.4 is 0 Å². The lowest BCUT2D eigenvalue weighted by molar-refractivity contribution is -0.140. The van der Waals surface area contributed by atoms with Crippen molar-refractivity contribution in [3.8, 4) is 0 Å². The normalized spacial score (nSPS) is 21.7. The summed E-state index contributed by atoms with van der Waals surface area (Å²) < 4.78 is 19.3. The monoisotopic (exact) mass is 234 g/mol. The Morgan fingerprint density at radius 2 is 1.94 bits per heavy atom. The van der Waals surface area contributed by atoms with E-state index in [1.165, 1.54) is 12.1 Å². The number of esters is 1. The van der Waals surface area contributed by atoms with Crippen LogP contribution in [0.1, 0.15) is 18.1 Å². The number of alkyl halides is 1. The molecule has 1 aromatic rings. The van der Waals surface area contributed by atoms with Crippen molar-refractivity contribution in [3.63, 3.8) is 0 Å². The fourth-order valence-corrected chi connectivity index (χ4v) is 2.03. The van der Waals surface area contributed by atoms with E-state index in [0.717, 1.165) is 14.0 Å². The lowest BCUT2D eigenvalue weighted by atomic mass is 9.88. The Bertz CT molecular complexity index is 533. The van der Waals surface area contributed by atoms with Gasteiger partial charge in [-0.05, 0) is 18.6 Å². The van der Waals surface area contributed by atoms with E-state index in [1.807, 2.05) is 0 Å². The van der Waals surface area contributed by atoms with Gasteiger partial charge in [0.2, 0.25) is 5.67 Å². The van der Waals surface area contributed by atoms with E-state index in [1.54, 1.807) is 18.2 Å². The minimum atomic E-state index is -2.39. The van der Waals surface area contributed by atoms with Gasteiger partial charge in [-0.1, -0.05) is 24.3 Å². The molecule has 0 fully saturated rings. The number of carbonyl (C=O) groups excluding carboxylic acids is 2. The molecule has 3 nitrogen and oxygen atoms in total. The summed E-state index contributed by atoms with van der Waals surface area (Å²) in [6.07, 6.45) is 1.36. The summed E-state index contributed by atoms with van der Waals surface area (Å²) in [6.45, 7) is 1.12. The Hall–Kier alpha value is -1.97. The lowest BCUT2D eigenvalue weighted by Crippen LogP contribution is -2.33. The molecule has 1 aromatic carbocycles. The maximum absolute atomic E-state index is 14.8. The van der Waals surface area contributed by atoms with Crippen molar-refractivity contribution < 1.29 is 18.7 Å². The fourth-order valence-electron chi connectivity index (χ4n) is 2.03. The maximum atomic E-state index is 14.8. The molecule has 17 heavy (non-hydrogen) atoms. The number of halogens is 1. The van der Waals surface area contributed by atoms with Gasteiger partial charge in [0.25, 0.3) is 0 Å². The van der Waals surface area contributed by atoms with Crippen molar-refractivity contribution in [1.82, 2.24) is 0 Å². The molecule has 0 radical (unpaired) electrons. The number of ether oxygens (including phenoxy) is 1. The van der Waals surface area contributed by atoms with Crippen LogP contribution in [0.15, 0.2) is 29.8 Å². The molecule has 2 rings (SSSR count). The Balaban J connectivity index is 2.65. The van der Waals surface area contributed by atoms with Crippen molar-refractivity contribution in [2.45, 2.75) is 12.6 Å². The minimum absolute atomic E-state index is 0.202. The first kappa shape index (κ1) is 11.5. The zero-order valence-corrected chi connectivity index (χ0v) is 9.49. The van der Waals surface area contributed by atoms with Gasteiger partial charge in [0.05, 0.1) is 12.7 Å². The summed E-state index contributed by atoms with van der Waals surface area (Å²) in [5.41, 5.74) is -1.91. The van der Waals surface area contributed by atoms with Crippen LogP contribution in [0.4, 0.5) is 4.39 Å². The third-order valence-electron chi connectivity index (χ3n) is 2.89. The highest BCUT2D eigenvalue weighted by Gasteiger charge is 2.49. The molecular formula is C13H11FO3. The average Bonchev–Trinajstić information content (AvgIpc) is 2.64. The molecule has 0 heterocycles. The van der Waals surface area contributed by atoms with Gasteiger partial charge in [0.1, 0.15) is 0 Å². The minimum Gasteiger partial charge on any atom is -0.466 e. The number of carbonyl (C=O) groups is 2. The number of methoxy groups -OCH3 is 1. The van der Waals surface area contributed by atoms with Gasteiger partial charge < -0.3 is 4.74 Å². The molecule has 1 unspecified atom stereocenters. The van der Waals surface area contributed by atoms with E-state index >= 15 is 0 Å². The molecular weight excluding hydrogens is 223 g/mol. The van der Waals surface area contributed by atoms with Gasteiger partial charge in [-0.3, -0.25) is 4.79 Å². The van der Waals surface area contributed by atoms with Crippen LogP contribution in [0.2, 0.25) is 0 Å². The number of hydrogen-bond acceptors (Lipinski definition) is 3. The largest absolute Gasteiger partial charge is 0.466 e. The summed E-state index contributed by atoms with van der Waals surface area (Å²) >= 11 is 0. The van der Waals surface area contributed by atoms with Crippen LogP contribution in [0.5, 0.6) is 0 Å². The molecule has 88 valence electrons. The van der Waals surface area contributed by atoms with Gasteiger partial charge in [0.15, 0.2) is 5.78 Å². The zero-order chi connectivity index (χ0) is 12.6. The second-order valence-electron chi connectivity index (χ2n) is 3.85. The number of hydrogen-bond donors (Lipinski definition) is 0. The maximum Gasteiger partial charge on any atom is 0.337 e. The van der Waals surface area contributed by atoms with Crippen LogP contribution in [0.3, 0.4) is 0 Å². The molecule has 0 spiro atoms. The van der Waals surface area contributed by atoms with Crippen LogP contribution in [0, 0.1) is 0 Å². The highest BCUT2D eigenvalue weighted by atomic mass is 19.1. The van der Waals surface area contributed by atoms with E-state index in [0.29, 0.717) is 5.56 Å². The summed E-state index contributed by atoms with van der Waals surface area (Å²) in [5, 5.41) is 0. The summed E-state index contributed by atoms with van der Waals surface area (Å²) in [7, 11) is 1.16. The molecule has 1 aliphatic rings. The Kier molecular flexibility index (Phi) is 2.58. The first-order valence-electron chi connectivity index (χ1n) is 5.11. The quantitative estimate of drug-likeness (QED) is 0.735. The topological polar surface area (TPSA) is 43.4 Å². The average molecular weight is 234 g/mol. The molecule has 4 heteroatoms. The molecule has 1 aliphatic carbocycles. The van der Waals surface area contributed by atoms with E-state index in [2.05, 4.69) is 4.74 Å². The molecule has 0 N–H and O–H groups in total. The fraction of sp³-hybridized carbons (Fsp3) is 0.231. The Morgan fingerprint density at radius 1 is 1.29 bits per heavy atom. The van der Waals surface area contributed by atoms with Crippen LogP contribution in [0.25, 0.3) is 6.08 Å². The van der Waals surface area contributed by atoms with Gasteiger partial charge in [0, 0.05) is 5.56 Å². The summed E-state index contributed by atoms with van der Waals surface area (Å²) in [5.74, 6) is -1.54. The van der Waals surface area contributed by atoms with Crippen LogP contribution in [-0.2, 0) is 20.0 Å². The third-order valence-corrected chi connectivity index (χ3v) is 2.89. The zero-order valence-electron chi connectivity index (χ0n) is 9.49. The van der Waals surface area contributed by atoms with Gasteiger partial charge in [-0.15, -0.1) is 0 Å². The van der Waals surface area contributed by atoms with E-state index < -0.39 is 17.4 Å². The van der Waals surface area contributed by atoms with Gasteiger partial charge in [-0.2, -0.15) is 0 Å². The first-order valence-corrected chi connectivity index (χ1v) is 5.11. The van der Waals surface area contributed by atoms with Gasteiger partial charge >= 0.3 is 5.97 Å². The smallest absolute Gasteiger partial charge is 0.337 e. The second-order valence-corrected chi connectivity index (χ2v) is 3.85. The van der Waals surface area contributed by atoms with E-state index in [4.69, 9.17) is 0 Å². The van der Waals surface area contributed by atoms with E-state index in [9.17, 15) is 14.0 Å². The summed E-state index contributed by atoms with van der Waals surface area (Å²) in [6, 6.07) is 6.51. The first-order chi connectivity index (χ1) is 8.01. The predicted octanol–water partition coefficient (Wildman–Crippen LogP) is 2.01. The number of Topliss-reactive ketones (excluding diaryl/α,β-unsaturated/α-hetero) is 1. The van der Waals surface area contributed by atoms with Gasteiger partial charge in [-0.25, -0.2) is 9.18 Å². The van der Waals surface area contributed by atoms with Crippen molar-refractivity contribution in [3.05, 3.63) is 41.0 Å². The number of fused-ring (bicyclic) bond motifs is 1. The summed E-state index contributed by atoms with van der Waals surface area (Å²) in [4.78, 5) is 23.1. The predicted molar refractivity (Wildman–Crippen MR) is 59.9 cm³/mol. The Morgan fingerprint density at radius 3 is 2.53 bits per heavy atom. The molecule has 0 saturated carbocycles. The third kappa shape index (κ3) is 1.48. The highest BCUT2D eigenvalue weighted by molar-refractivity contribution is 6.09. The van der Waals surface area contributed by atoms with E-state index in [-0.39, 0.29) is 11.1 Å². The molecule has 0 aliphatic heterocycles. The van der Waals surface area contributed by atoms with Crippen LogP contribution in [-0.4, -0.2) is 18.9 Å². The van der Waals surface area contributed by atoms with Crippen LogP contribution >= 0.6 is 0 Å². The molecule has 0 amide bonds. The molecule has 0 aromatic heterocycles. The lowest BCUT2D eigenvalue weighted by Gasteiger charge is -2.20. The molecule has 0 saturated heterocycles. The SMILES string of the molecule is COC(=O)C1=Cc2ccccc2C1(F)C(C)=O. The van der Waals surface area contributed by atoms with Crippen molar-refractivity contribution >= 4 is 17.8 Å². The second kappa shape index (κ2) is 3.80. The Labute approximate surface area is 97.9 Å². The standard InChI is InChI=1S/C13H11FO3/c1-8(15)13(14)10-6-4-3-5-9(10)7-11(13)12(16)17-2/h3-7H,1-2H3. The van der Waals surface area contributed by atoms with Crippen molar-refractivity contribution in [1.29, 1.82) is 0 Å². The van der Waals surface area contributed by atoms with Crippen molar-refractivity contribution in [2.75, 3.05) is 7.11 Å².